The van der Waals surface area contributed by atoms with Gasteiger partial charge in [-0.15, -0.1) is 11.3 Å². The van der Waals surface area contributed by atoms with Crippen molar-refractivity contribution in [2.24, 2.45) is 0 Å². The maximum absolute atomic E-state index is 12.2. The number of amides is 2. The third-order valence-corrected chi connectivity index (χ3v) is 4.01. The summed E-state index contributed by atoms with van der Waals surface area (Å²) in [4.78, 5) is 24.7. The van der Waals surface area contributed by atoms with Gasteiger partial charge in [-0.05, 0) is 49.4 Å². The third kappa shape index (κ3) is 3.92. The van der Waals surface area contributed by atoms with Crippen LogP contribution in [-0.4, -0.2) is 17.9 Å². The van der Waals surface area contributed by atoms with Crippen LogP contribution in [-0.2, 0) is 4.79 Å². The summed E-state index contributed by atoms with van der Waals surface area (Å²) in [5, 5.41) is 7.38. The summed E-state index contributed by atoms with van der Waals surface area (Å²) in [6.45, 7) is 5.58. The molecule has 0 bridgehead atoms. The number of hydrogen-bond acceptors (Lipinski definition) is 3. The van der Waals surface area contributed by atoms with E-state index < -0.39 is 6.04 Å². The number of nitrogens with one attached hydrogen (secondary N) is 2. The smallest absolute Gasteiger partial charge is 0.261 e. The van der Waals surface area contributed by atoms with Gasteiger partial charge < -0.3 is 10.6 Å². The fraction of sp³-hybridized carbons (Fsp3) is 0.250. The van der Waals surface area contributed by atoms with Crippen LogP contribution < -0.4 is 10.6 Å². The molecule has 2 amide bonds. The van der Waals surface area contributed by atoms with Crippen molar-refractivity contribution in [3.05, 3.63) is 51.7 Å². The van der Waals surface area contributed by atoms with Crippen molar-refractivity contribution in [1.29, 1.82) is 0 Å². The molecule has 1 aromatic heterocycles. The molecule has 4 nitrogen and oxygen atoms in total. The van der Waals surface area contributed by atoms with Crippen molar-refractivity contribution in [3.63, 3.8) is 0 Å². The molecule has 2 N–H and O–H groups in total. The van der Waals surface area contributed by atoms with Crippen LogP contribution in [0.2, 0.25) is 0 Å². The lowest BCUT2D eigenvalue weighted by molar-refractivity contribution is -0.117. The van der Waals surface area contributed by atoms with Gasteiger partial charge in [0.1, 0.15) is 6.04 Å². The largest absolute Gasteiger partial charge is 0.340 e. The molecule has 0 saturated heterocycles. The summed E-state index contributed by atoms with van der Waals surface area (Å²) in [5.41, 5.74) is 2.84. The number of aryl methyl sites for hydroxylation is 2. The molecule has 5 heteroatoms. The summed E-state index contributed by atoms with van der Waals surface area (Å²) in [6.07, 6.45) is 0. The minimum Gasteiger partial charge on any atom is -0.340 e. The van der Waals surface area contributed by atoms with Crippen LogP contribution in [0.3, 0.4) is 0 Å². The topological polar surface area (TPSA) is 58.2 Å². The van der Waals surface area contributed by atoms with Gasteiger partial charge in [0.05, 0.1) is 4.88 Å². The van der Waals surface area contributed by atoms with Gasteiger partial charge in [0.2, 0.25) is 5.91 Å². The molecule has 0 fully saturated rings. The number of thiophene rings is 1. The highest BCUT2D eigenvalue weighted by molar-refractivity contribution is 7.12. The Morgan fingerprint density at radius 2 is 1.95 bits per heavy atom. The maximum Gasteiger partial charge on any atom is 0.261 e. The van der Waals surface area contributed by atoms with E-state index in [0.717, 1.165) is 16.8 Å². The van der Waals surface area contributed by atoms with Gasteiger partial charge in [-0.25, -0.2) is 0 Å². The number of carbonyl (C=O) groups excluding carboxylic acids is 2. The second-order valence-corrected chi connectivity index (χ2v) is 5.93. The fourth-order valence-electron chi connectivity index (χ4n) is 1.85. The first-order valence-electron chi connectivity index (χ1n) is 6.70. The average molecular weight is 302 g/mol. The average Bonchev–Trinajstić information content (AvgIpc) is 2.97. The van der Waals surface area contributed by atoms with E-state index in [1.807, 2.05) is 37.4 Å². The van der Waals surface area contributed by atoms with Crippen LogP contribution in [0.5, 0.6) is 0 Å². The molecule has 0 aliphatic heterocycles. The van der Waals surface area contributed by atoms with Crippen molar-refractivity contribution in [2.45, 2.75) is 26.8 Å². The summed E-state index contributed by atoms with van der Waals surface area (Å²) in [7, 11) is 0. The first-order chi connectivity index (χ1) is 9.97. The second kappa shape index (κ2) is 6.54. The fourth-order valence-corrected chi connectivity index (χ4v) is 2.48. The quantitative estimate of drug-likeness (QED) is 0.911. The van der Waals surface area contributed by atoms with Crippen LogP contribution in [0.25, 0.3) is 0 Å². The summed E-state index contributed by atoms with van der Waals surface area (Å²) < 4.78 is 0. The SMILES string of the molecule is Cc1ccc(C)c(NC(=O)C(C)NC(=O)c2cccs2)c1. The first kappa shape index (κ1) is 15.3. The van der Waals surface area contributed by atoms with Gasteiger partial charge >= 0.3 is 0 Å². The van der Waals surface area contributed by atoms with E-state index >= 15 is 0 Å². The lowest BCUT2D eigenvalue weighted by Crippen LogP contribution is -2.41. The van der Waals surface area contributed by atoms with Gasteiger partial charge in [-0.1, -0.05) is 18.2 Å². The van der Waals surface area contributed by atoms with E-state index in [0.29, 0.717) is 4.88 Å². The standard InChI is InChI=1S/C16H18N2O2S/c1-10-6-7-11(2)13(9-10)18-15(19)12(3)17-16(20)14-5-4-8-21-14/h4-9,12H,1-3H3,(H,17,20)(H,18,19). The zero-order valence-corrected chi connectivity index (χ0v) is 13.1. The van der Waals surface area contributed by atoms with E-state index in [1.54, 1.807) is 19.1 Å². The van der Waals surface area contributed by atoms with Crippen molar-refractivity contribution in [2.75, 3.05) is 5.32 Å². The van der Waals surface area contributed by atoms with Crippen LogP contribution >= 0.6 is 11.3 Å². The molecular formula is C16H18N2O2S. The minimum absolute atomic E-state index is 0.228. The highest BCUT2D eigenvalue weighted by atomic mass is 32.1. The Hall–Kier alpha value is -2.14. The van der Waals surface area contributed by atoms with Gasteiger partial charge in [0.25, 0.3) is 5.91 Å². The number of hydrogen-bond donors (Lipinski definition) is 2. The summed E-state index contributed by atoms with van der Waals surface area (Å²) in [6, 6.07) is 8.81. The van der Waals surface area contributed by atoms with E-state index in [9.17, 15) is 9.59 Å². The van der Waals surface area contributed by atoms with Crippen molar-refractivity contribution < 1.29 is 9.59 Å². The lowest BCUT2D eigenvalue weighted by atomic mass is 10.1. The van der Waals surface area contributed by atoms with Crippen LogP contribution in [0, 0.1) is 13.8 Å². The Labute approximate surface area is 128 Å². The zero-order chi connectivity index (χ0) is 15.4. The van der Waals surface area contributed by atoms with E-state index in [2.05, 4.69) is 10.6 Å². The second-order valence-electron chi connectivity index (χ2n) is 4.98. The molecule has 0 aliphatic rings. The number of anilines is 1. The Morgan fingerprint density at radius 1 is 1.19 bits per heavy atom. The predicted molar refractivity (Wildman–Crippen MR) is 85.8 cm³/mol. The van der Waals surface area contributed by atoms with Crippen LogP contribution in [0.15, 0.2) is 35.7 Å². The number of carbonyl (C=O) groups is 2. The van der Waals surface area contributed by atoms with Crippen LogP contribution in [0.4, 0.5) is 5.69 Å². The molecule has 0 radical (unpaired) electrons. The van der Waals surface area contributed by atoms with Crippen molar-refractivity contribution in [1.82, 2.24) is 5.32 Å². The molecule has 2 aromatic rings. The molecule has 2 rings (SSSR count). The molecule has 110 valence electrons. The molecular weight excluding hydrogens is 284 g/mol. The molecule has 0 aliphatic carbocycles. The normalized spacial score (nSPS) is 11.8. The predicted octanol–water partition coefficient (Wildman–Crippen LogP) is 3.12. The summed E-state index contributed by atoms with van der Waals surface area (Å²) in [5.74, 6) is -0.456. The highest BCUT2D eigenvalue weighted by Gasteiger charge is 2.17. The third-order valence-electron chi connectivity index (χ3n) is 3.14. The minimum atomic E-state index is -0.598. The van der Waals surface area contributed by atoms with Gasteiger partial charge in [-0.2, -0.15) is 0 Å². The van der Waals surface area contributed by atoms with Crippen LogP contribution in [0.1, 0.15) is 27.7 Å². The van der Waals surface area contributed by atoms with E-state index in [1.165, 1.54) is 11.3 Å². The zero-order valence-electron chi connectivity index (χ0n) is 12.3. The molecule has 21 heavy (non-hydrogen) atoms. The van der Waals surface area contributed by atoms with Crippen molar-refractivity contribution in [3.8, 4) is 0 Å². The number of rotatable bonds is 4. The maximum atomic E-state index is 12.2. The molecule has 1 unspecified atom stereocenters. The van der Waals surface area contributed by atoms with E-state index in [-0.39, 0.29) is 11.8 Å². The molecule has 1 heterocycles. The Kier molecular flexibility index (Phi) is 4.75. The van der Waals surface area contributed by atoms with Gasteiger partial charge in [0, 0.05) is 5.69 Å². The molecule has 1 atom stereocenters. The highest BCUT2D eigenvalue weighted by Crippen LogP contribution is 2.16. The van der Waals surface area contributed by atoms with Crippen molar-refractivity contribution >= 4 is 28.8 Å². The Morgan fingerprint density at radius 3 is 2.62 bits per heavy atom. The Balaban J connectivity index is 1.99. The first-order valence-corrected chi connectivity index (χ1v) is 7.58. The van der Waals surface area contributed by atoms with Gasteiger partial charge in [-0.3, -0.25) is 9.59 Å². The monoisotopic (exact) mass is 302 g/mol. The van der Waals surface area contributed by atoms with Gasteiger partial charge in [0.15, 0.2) is 0 Å². The van der Waals surface area contributed by atoms with E-state index in [4.69, 9.17) is 0 Å². The molecule has 0 spiro atoms. The lowest BCUT2D eigenvalue weighted by Gasteiger charge is -2.15. The summed E-state index contributed by atoms with van der Waals surface area (Å²) >= 11 is 1.35. The number of benzene rings is 1. The Bertz CT molecular complexity index is 650. The molecule has 1 aromatic carbocycles. The molecule has 0 saturated carbocycles.